The molecule has 0 unspecified atom stereocenters. The first-order valence-corrected chi connectivity index (χ1v) is 5.02. The Kier molecular flexibility index (Phi) is 2.85. The van der Waals surface area contributed by atoms with E-state index in [-0.39, 0.29) is 11.4 Å². The summed E-state index contributed by atoms with van der Waals surface area (Å²) in [7, 11) is 3.61. The lowest BCUT2D eigenvalue weighted by Crippen LogP contribution is -2.43. The second kappa shape index (κ2) is 3.70. The molecule has 1 aromatic rings. The molecule has 4 N–H and O–H groups in total. The highest BCUT2D eigenvalue weighted by Crippen LogP contribution is 2.30. The molecule has 0 spiro atoms. The zero-order chi connectivity index (χ0) is 12.7. The summed E-state index contributed by atoms with van der Waals surface area (Å²) in [6.07, 6.45) is 0. The SMILES string of the molecule is CN(C)c1nc(N)[n+]([O-])c(C(C)(C)C)c1N. The molecule has 0 radical (unpaired) electrons. The quantitative estimate of drug-likeness (QED) is 0.527. The normalized spacial score (nSPS) is 11.6. The maximum absolute atomic E-state index is 11.8. The van der Waals surface area contributed by atoms with Gasteiger partial charge in [0.25, 0.3) is 0 Å². The van der Waals surface area contributed by atoms with Crippen LogP contribution in [0.2, 0.25) is 0 Å². The zero-order valence-electron chi connectivity index (χ0n) is 10.4. The van der Waals surface area contributed by atoms with Gasteiger partial charge >= 0.3 is 5.95 Å². The number of aromatic nitrogens is 2. The van der Waals surface area contributed by atoms with E-state index in [9.17, 15) is 5.21 Å². The first-order valence-electron chi connectivity index (χ1n) is 5.02. The fraction of sp³-hybridized carbons (Fsp3) is 0.600. The summed E-state index contributed by atoms with van der Waals surface area (Å²) in [5.74, 6) is 0.442. The van der Waals surface area contributed by atoms with Crippen LogP contribution in [-0.4, -0.2) is 19.1 Å². The summed E-state index contributed by atoms with van der Waals surface area (Å²) in [4.78, 5) is 5.71. The molecule has 0 aliphatic heterocycles. The number of hydrogen-bond acceptors (Lipinski definition) is 5. The molecule has 0 bridgehead atoms. The van der Waals surface area contributed by atoms with Crippen LogP contribution in [0.3, 0.4) is 0 Å². The maximum atomic E-state index is 11.8. The first kappa shape index (κ1) is 12.4. The highest BCUT2D eigenvalue weighted by molar-refractivity contribution is 5.65. The fourth-order valence-corrected chi connectivity index (χ4v) is 1.59. The van der Waals surface area contributed by atoms with E-state index in [2.05, 4.69) is 4.98 Å². The molecule has 1 rings (SSSR count). The van der Waals surface area contributed by atoms with Crippen LogP contribution in [0.5, 0.6) is 0 Å². The standard InChI is InChI=1S/C10H19N5O/c1-10(2,3)7-6(11)8(14(4)5)13-9(12)15(7)16/h11H2,1-5H3,(H2,12,13). The fourth-order valence-electron chi connectivity index (χ4n) is 1.59. The van der Waals surface area contributed by atoms with Gasteiger partial charge in [-0.2, -0.15) is 0 Å². The van der Waals surface area contributed by atoms with Gasteiger partial charge in [0.1, 0.15) is 11.4 Å². The van der Waals surface area contributed by atoms with Gasteiger partial charge < -0.3 is 15.8 Å². The van der Waals surface area contributed by atoms with Crippen molar-refractivity contribution in [3.8, 4) is 0 Å². The van der Waals surface area contributed by atoms with Crippen LogP contribution in [-0.2, 0) is 5.41 Å². The van der Waals surface area contributed by atoms with Crippen molar-refractivity contribution in [3.05, 3.63) is 10.9 Å². The van der Waals surface area contributed by atoms with Crippen molar-refractivity contribution in [2.24, 2.45) is 0 Å². The summed E-state index contributed by atoms with van der Waals surface area (Å²) in [5.41, 5.74) is 12.0. The van der Waals surface area contributed by atoms with Crippen molar-refractivity contribution >= 4 is 17.5 Å². The lowest BCUT2D eigenvalue weighted by molar-refractivity contribution is -0.604. The molecule has 0 amide bonds. The van der Waals surface area contributed by atoms with Crippen LogP contribution in [0.4, 0.5) is 17.5 Å². The van der Waals surface area contributed by atoms with Crippen molar-refractivity contribution in [1.82, 2.24) is 4.98 Å². The molecule has 0 aliphatic carbocycles. The van der Waals surface area contributed by atoms with Gasteiger partial charge in [0.2, 0.25) is 5.82 Å². The van der Waals surface area contributed by atoms with Crippen LogP contribution in [0.15, 0.2) is 0 Å². The van der Waals surface area contributed by atoms with E-state index in [1.54, 1.807) is 19.0 Å². The van der Waals surface area contributed by atoms with E-state index in [1.807, 2.05) is 20.8 Å². The smallest absolute Gasteiger partial charge is 0.392 e. The van der Waals surface area contributed by atoms with E-state index in [0.29, 0.717) is 21.9 Å². The predicted molar refractivity (Wildman–Crippen MR) is 65.0 cm³/mol. The van der Waals surface area contributed by atoms with Crippen molar-refractivity contribution in [2.75, 3.05) is 30.5 Å². The molecule has 6 heteroatoms. The minimum absolute atomic E-state index is 0.0807. The Bertz CT molecular complexity index is 409. The van der Waals surface area contributed by atoms with Gasteiger partial charge in [-0.25, -0.2) is 4.73 Å². The number of anilines is 3. The van der Waals surface area contributed by atoms with Crippen molar-refractivity contribution in [2.45, 2.75) is 26.2 Å². The van der Waals surface area contributed by atoms with E-state index >= 15 is 0 Å². The Labute approximate surface area is 95.5 Å². The Balaban J connectivity index is 3.59. The summed E-state index contributed by atoms with van der Waals surface area (Å²) >= 11 is 0. The van der Waals surface area contributed by atoms with Gasteiger partial charge in [-0.3, -0.25) is 5.73 Å². The van der Waals surface area contributed by atoms with Crippen LogP contribution < -0.4 is 21.1 Å². The van der Waals surface area contributed by atoms with Crippen molar-refractivity contribution in [1.29, 1.82) is 0 Å². The largest absolute Gasteiger partial charge is 0.740 e. The van der Waals surface area contributed by atoms with Gasteiger partial charge in [0, 0.05) is 19.5 Å². The second-order valence-electron chi connectivity index (χ2n) is 4.99. The molecule has 1 aromatic heterocycles. The van der Waals surface area contributed by atoms with Crippen LogP contribution >= 0.6 is 0 Å². The monoisotopic (exact) mass is 225 g/mol. The van der Waals surface area contributed by atoms with Gasteiger partial charge in [0.15, 0.2) is 0 Å². The van der Waals surface area contributed by atoms with Crippen molar-refractivity contribution in [3.63, 3.8) is 0 Å². The van der Waals surface area contributed by atoms with Crippen LogP contribution in [0.25, 0.3) is 0 Å². The molecule has 90 valence electrons. The number of nitrogen functional groups attached to an aromatic ring is 2. The Morgan fingerprint density at radius 2 is 1.75 bits per heavy atom. The summed E-state index contributed by atoms with van der Waals surface area (Å²) in [5, 5.41) is 11.8. The highest BCUT2D eigenvalue weighted by Gasteiger charge is 2.28. The number of nitrogens with zero attached hydrogens (tertiary/aromatic N) is 3. The van der Waals surface area contributed by atoms with E-state index in [4.69, 9.17) is 11.5 Å². The maximum Gasteiger partial charge on any atom is 0.392 e. The molecular formula is C10H19N5O. The Morgan fingerprint density at radius 1 is 1.25 bits per heavy atom. The molecule has 6 nitrogen and oxygen atoms in total. The number of rotatable bonds is 1. The minimum atomic E-state index is -0.381. The third kappa shape index (κ3) is 1.95. The second-order valence-corrected chi connectivity index (χ2v) is 4.99. The topological polar surface area (TPSA) is 95.1 Å². The number of nitrogens with two attached hydrogens (primary N) is 2. The molecule has 0 aliphatic rings. The summed E-state index contributed by atoms with van der Waals surface area (Å²) < 4.78 is 0.600. The molecule has 1 heterocycles. The minimum Gasteiger partial charge on any atom is -0.740 e. The van der Waals surface area contributed by atoms with E-state index in [1.165, 1.54) is 0 Å². The molecule has 16 heavy (non-hydrogen) atoms. The van der Waals surface area contributed by atoms with Crippen molar-refractivity contribution < 1.29 is 4.73 Å². The molecule has 0 saturated carbocycles. The van der Waals surface area contributed by atoms with E-state index in [0.717, 1.165) is 0 Å². The molecule has 0 atom stereocenters. The van der Waals surface area contributed by atoms with Crippen LogP contribution in [0.1, 0.15) is 26.5 Å². The Morgan fingerprint density at radius 3 is 2.12 bits per heavy atom. The average molecular weight is 225 g/mol. The zero-order valence-corrected chi connectivity index (χ0v) is 10.4. The summed E-state index contributed by atoms with van der Waals surface area (Å²) in [6.45, 7) is 5.73. The molecule has 0 saturated heterocycles. The van der Waals surface area contributed by atoms with Crippen LogP contribution in [0, 0.1) is 5.21 Å². The Hall–Kier alpha value is -1.72. The molecule has 0 aromatic carbocycles. The lowest BCUT2D eigenvalue weighted by atomic mass is 9.90. The lowest BCUT2D eigenvalue weighted by Gasteiger charge is -2.26. The average Bonchev–Trinajstić information content (AvgIpc) is 2.08. The third-order valence-corrected chi connectivity index (χ3v) is 2.26. The highest BCUT2D eigenvalue weighted by atomic mass is 16.5. The van der Waals surface area contributed by atoms with E-state index < -0.39 is 0 Å². The third-order valence-electron chi connectivity index (χ3n) is 2.26. The first-order chi connectivity index (χ1) is 7.16. The van der Waals surface area contributed by atoms with Gasteiger partial charge in [0.05, 0.1) is 0 Å². The van der Waals surface area contributed by atoms with Gasteiger partial charge in [-0.05, 0) is 0 Å². The molecule has 0 fully saturated rings. The van der Waals surface area contributed by atoms with Gasteiger partial charge in [-0.15, -0.1) is 0 Å². The number of hydrogen-bond donors (Lipinski definition) is 2. The van der Waals surface area contributed by atoms with Gasteiger partial charge in [-0.1, -0.05) is 25.8 Å². The molecular weight excluding hydrogens is 206 g/mol. The summed E-state index contributed by atoms with van der Waals surface area (Å²) in [6, 6.07) is 0. The predicted octanol–water partition coefficient (Wildman–Crippen LogP) is 0.243.